The quantitative estimate of drug-likeness (QED) is 0.749. The van der Waals surface area contributed by atoms with Gasteiger partial charge in [-0.2, -0.15) is 0 Å². The zero-order valence-electron chi connectivity index (χ0n) is 14.4. The summed E-state index contributed by atoms with van der Waals surface area (Å²) in [4.78, 5) is 12.3. The third-order valence-electron chi connectivity index (χ3n) is 3.49. The van der Waals surface area contributed by atoms with Gasteiger partial charge in [0.15, 0.2) is 11.5 Å². The van der Waals surface area contributed by atoms with E-state index < -0.39 is 0 Å². The van der Waals surface area contributed by atoms with E-state index in [0.717, 1.165) is 12.8 Å². The maximum absolute atomic E-state index is 12.3. The molecule has 0 spiro atoms. The smallest absolute Gasteiger partial charge is 0.251 e. The predicted octanol–water partition coefficient (Wildman–Crippen LogP) is 4.04. The summed E-state index contributed by atoms with van der Waals surface area (Å²) in [6, 6.07) is 5.49. The van der Waals surface area contributed by atoms with Gasteiger partial charge >= 0.3 is 0 Å². The summed E-state index contributed by atoms with van der Waals surface area (Å²) in [5.41, 5.74) is 0.599. The van der Waals surface area contributed by atoms with E-state index in [1.54, 1.807) is 12.1 Å². The van der Waals surface area contributed by atoms with Gasteiger partial charge in [-0.1, -0.05) is 27.7 Å². The highest BCUT2D eigenvalue weighted by atomic mass is 16.5. The predicted molar refractivity (Wildman–Crippen MR) is 89.8 cm³/mol. The molecule has 0 bridgehead atoms. The van der Waals surface area contributed by atoms with Crippen molar-refractivity contribution < 1.29 is 14.3 Å². The fourth-order valence-electron chi connectivity index (χ4n) is 1.76. The lowest BCUT2D eigenvalue weighted by Crippen LogP contribution is -2.36. The number of nitrogens with one attached hydrogen (secondary N) is 1. The van der Waals surface area contributed by atoms with Crippen molar-refractivity contribution in [3.63, 3.8) is 0 Å². The van der Waals surface area contributed by atoms with Crippen LogP contribution in [0.4, 0.5) is 0 Å². The number of rotatable bonds is 9. The Balaban J connectivity index is 2.89. The van der Waals surface area contributed by atoms with Crippen LogP contribution in [0.15, 0.2) is 18.2 Å². The number of carbonyl (C=O) groups is 1. The molecule has 4 nitrogen and oxygen atoms in total. The van der Waals surface area contributed by atoms with Crippen molar-refractivity contribution in [2.24, 2.45) is 5.92 Å². The molecule has 0 saturated heterocycles. The molecule has 1 atom stereocenters. The van der Waals surface area contributed by atoms with Gasteiger partial charge in [0.05, 0.1) is 13.2 Å². The van der Waals surface area contributed by atoms with Crippen LogP contribution in [0.2, 0.25) is 0 Å². The van der Waals surface area contributed by atoms with Gasteiger partial charge in [0.1, 0.15) is 0 Å². The van der Waals surface area contributed by atoms with Gasteiger partial charge in [-0.3, -0.25) is 4.79 Å². The molecule has 0 radical (unpaired) electrons. The molecule has 1 unspecified atom stereocenters. The Hall–Kier alpha value is -1.71. The lowest BCUT2D eigenvalue weighted by Gasteiger charge is -2.18. The Labute approximate surface area is 134 Å². The van der Waals surface area contributed by atoms with Crippen LogP contribution in [-0.2, 0) is 0 Å². The maximum atomic E-state index is 12.3. The highest BCUT2D eigenvalue weighted by Crippen LogP contribution is 2.29. The first kappa shape index (κ1) is 18.3. The second kappa shape index (κ2) is 9.34. The van der Waals surface area contributed by atoms with Crippen LogP contribution in [0.25, 0.3) is 0 Å². The standard InChI is InChI=1S/C18H29NO3/c1-6-10-21-16-9-8-15(12-17(16)22-11-7-2)18(20)19-14(5)13(3)4/h8-9,12-14H,6-7,10-11H2,1-5H3,(H,19,20). The highest BCUT2D eigenvalue weighted by Gasteiger charge is 2.15. The molecule has 0 aliphatic rings. The summed E-state index contributed by atoms with van der Waals surface area (Å²) in [5, 5.41) is 3.01. The first-order chi connectivity index (χ1) is 10.5. The van der Waals surface area contributed by atoms with Gasteiger partial charge in [-0.25, -0.2) is 0 Å². The molecular formula is C18H29NO3. The highest BCUT2D eigenvalue weighted by molar-refractivity contribution is 5.95. The number of benzene rings is 1. The van der Waals surface area contributed by atoms with Crippen molar-refractivity contribution in [1.82, 2.24) is 5.32 Å². The van der Waals surface area contributed by atoms with Crippen molar-refractivity contribution in [3.8, 4) is 11.5 Å². The number of amides is 1. The number of carbonyl (C=O) groups excluding carboxylic acids is 1. The molecule has 1 aromatic carbocycles. The second-order valence-corrected chi connectivity index (χ2v) is 5.86. The van der Waals surface area contributed by atoms with E-state index in [4.69, 9.17) is 9.47 Å². The zero-order chi connectivity index (χ0) is 16.5. The van der Waals surface area contributed by atoms with Crippen LogP contribution < -0.4 is 14.8 Å². The van der Waals surface area contributed by atoms with Crippen LogP contribution in [-0.4, -0.2) is 25.2 Å². The summed E-state index contributed by atoms with van der Waals surface area (Å²) in [6.45, 7) is 11.5. The Morgan fingerprint density at radius 2 is 1.64 bits per heavy atom. The van der Waals surface area contributed by atoms with E-state index in [9.17, 15) is 4.79 Å². The molecule has 0 aromatic heterocycles. The maximum Gasteiger partial charge on any atom is 0.251 e. The van der Waals surface area contributed by atoms with E-state index in [-0.39, 0.29) is 11.9 Å². The van der Waals surface area contributed by atoms with Crippen LogP contribution in [0.3, 0.4) is 0 Å². The summed E-state index contributed by atoms with van der Waals surface area (Å²) >= 11 is 0. The lowest BCUT2D eigenvalue weighted by atomic mass is 10.1. The van der Waals surface area contributed by atoms with Crippen molar-refractivity contribution >= 4 is 5.91 Å². The number of hydrogen-bond donors (Lipinski definition) is 1. The third-order valence-corrected chi connectivity index (χ3v) is 3.49. The van der Waals surface area contributed by atoms with E-state index in [2.05, 4.69) is 26.1 Å². The molecule has 0 fully saturated rings. The van der Waals surface area contributed by atoms with E-state index >= 15 is 0 Å². The van der Waals surface area contributed by atoms with Crippen molar-refractivity contribution in [2.75, 3.05) is 13.2 Å². The third kappa shape index (κ3) is 5.58. The zero-order valence-corrected chi connectivity index (χ0v) is 14.4. The van der Waals surface area contributed by atoms with Gasteiger partial charge in [0, 0.05) is 11.6 Å². The molecule has 1 amide bonds. The monoisotopic (exact) mass is 307 g/mol. The number of hydrogen-bond acceptors (Lipinski definition) is 3. The molecule has 0 saturated carbocycles. The number of ether oxygens (including phenoxy) is 2. The molecule has 22 heavy (non-hydrogen) atoms. The minimum Gasteiger partial charge on any atom is -0.490 e. The van der Waals surface area contributed by atoms with Gasteiger partial charge in [0.2, 0.25) is 0 Å². The van der Waals surface area contributed by atoms with Crippen LogP contribution in [0, 0.1) is 5.92 Å². The Morgan fingerprint density at radius 3 is 2.18 bits per heavy atom. The molecule has 0 heterocycles. The summed E-state index contributed by atoms with van der Waals surface area (Å²) in [7, 11) is 0. The first-order valence-corrected chi connectivity index (χ1v) is 8.20. The largest absolute Gasteiger partial charge is 0.490 e. The second-order valence-electron chi connectivity index (χ2n) is 5.86. The van der Waals surface area contributed by atoms with Crippen molar-refractivity contribution in [1.29, 1.82) is 0 Å². The fourth-order valence-corrected chi connectivity index (χ4v) is 1.76. The summed E-state index contributed by atoms with van der Waals surface area (Å²) in [6.07, 6.45) is 1.84. The first-order valence-electron chi connectivity index (χ1n) is 8.20. The van der Waals surface area contributed by atoms with Gasteiger partial charge in [0.25, 0.3) is 5.91 Å². The van der Waals surface area contributed by atoms with Crippen LogP contribution >= 0.6 is 0 Å². The minimum atomic E-state index is -0.0791. The summed E-state index contributed by atoms with van der Waals surface area (Å²) in [5.74, 6) is 1.65. The van der Waals surface area contributed by atoms with Crippen LogP contribution in [0.5, 0.6) is 11.5 Å². The normalized spacial score (nSPS) is 12.1. The Kier molecular flexibility index (Phi) is 7.78. The van der Waals surface area contributed by atoms with Crippen LogP contribution in [0.1, 0.15) is 57.8 Å². The average Bonchev–Trinajstić information content (AvgIpc) is 2.50. The fraction of sp³-hybridized carbons (Fsp3) is 0.611. The Bertz CT molecular complexity index is 471. The minimum absolute atomic E-state index is 0.0791. The van der Waals surface area contributed by atoms with Gasteiger partial charge in [-0.15, -0.1) is 0 Å². The SMILES string of the molecule is CCCOc1ccc(C(=O)NC(C)C(C)C)cc1OCCC. The van der Waals surface area contributed by atoms with Gasteiger partial charge < -0.3 is 14.8 Å². The van der Waals surface area contributed by atoms with E-state index in [1.807, 2.05) is 19.9 Å². The van der Waals surface area contributed by atoms with Gasteiger partial charge in [-0.05, 0) is 43.9 Å². The van der Waals surface area contributed by atoms with E-state index in [0.29, 0.717) is 36.2 Å². The molecule has 4 heteroatoms. The molecular weight excluding hydrogens is 278 g/mol. The van der Waals surface area contributed by atoms with E-state index in [1.165, 1.54) is 0 Å². The molecule has 1 N–H and O–H groups in total. The van der Waals surface area contributed by atoms with Crippen molar-refractivity contribution in [2.45, 2.75) is 53.5 Å². The topological polar surface area (TPSA) is 47.6 Å². The molecule has 0 aliphatic carbocycles. The average molecular weight is 307 g/mol. The molecule has 1 aromatic rings. The lowest BCUT2D eigenvalue weighted by molar-refractivity contribution is 0.0930. The Morgan fingerprint density at radius 1 is 1.05 bits per heavy atom. The van der Waals surface area contributed by atoms with Crippen molar-refractivity contribution in [3.05, 3.63) is 23.8 Å². The summed E-state index contributed by atoms with van der Waals surface area (Å²) < 4.78 is 11.4. The molecule has 0 aliphatic heterocycles. The molecule has 124 valence electrons. The molecule has 1 rings (SSSR count).